The molecule has 43 heavy (non-hydrogen) atoms. The third-order valence-electron chi connectivity index (χ3n) is 8.17. The molecule has 0 atom stereocenters. The Morgan fingerprint density at radius 3 is 2.42 bits per heavy atom. The van der Waals surface area contributed by atoms with Gasteiger partial charge in [-0.1, -0.05) is 43.3 Å². The Kier molecular flexibility index (Phi) is 8.43. The average Bonchev–Trinajstić information content (AvgIpc) is 3.61. The fourth-order valence-corrected chi connectivity index (χ4v) is 9.61. The normalized spacial score (nSPS) is 15.5. The maximum atomic E-state index is 13.5. The third-order valence-corrected chi connectivity index (χ3v) is 12.2. The second kappa shape index (κ2) is 12.1. The summed E-state index contributed by atoms with van der Waals surface area (Å²) in [6.07, 6.45) is 1.60. The number of sulfonamides is 1. The van der Waals surface area contributed by atoms with Crippen LogP contribution < -0.4 is 5.32 Å². The molecule has 2 aromatic heterocycles. The largest absolute Gasteiger partial charge is 0.313 e. The lowest BCUT2D eigenvalue weighted by Gasteiger charge is -2.28. The predicted octanol–water partition coefficient (Wildman–Crippen LogP) is 6.82. The molecule has 0 fully saturated rings. The monoisotopic (exact) mass is 650 g/mol. The number of rotatable bonds is 6. The number of thiophene rings is 1. The zero-order chi connectivity index (χ0) is 28.8. The van der Waals surface area contributed by atoms with Gasteiger partial charge in [-0.15, -0.1) is 35.1 Å². The zero-order valence-electron chi connectivity index (χ0n) is 23.6. The summed E-state index contributed by atoms with van der Waals surface area (Å²) in [4.78, 5) is 22.3. The van der Waals surface area contributed by atoms with Crippen LogP contribution in [0.2, 0.25) is 0 Å². The molecule has 0 spiro atoms. The lowest BCUT2D eigenvalue weighted by Crippen LogP contribution is -2.35. The van der Waals surface area contributed by atoms with Crippen LogP contribution in [0.15, 0.2) is 77.7 Å². The summed E-state index contributed by atoms with van der Waals surface area (Å²) >= 11 is 3.26. The minimum atomic E-state index is -3.68. The van der Waals surface area contributed by atoms with Crippen molar-refractivity contribution in [2.24, 2.45) is 0 Å². The first-order chi connectivity index (χ1) is 20.4. The van der Waals surface area contributed by atoms with Crippen molar-refractivity contribution in [2.45, 2.75) is 37.8 Å². The van der Waals surface area contributed by atoms with Crippen molar-refractivity contribution >= 4 is 66.2 Å². The van der Waals surface area contributed by atoms with Gasteiger partial charge in [-0.2, -0.15) is 4.31 Å². The molecule has 1 N–H and O–H groups in total. The number of carbonyl (C=O) groups excluding carboxylic acids is 1. The molecule has 0 saturated heterocycles. The quantitative estimate of drug-likeness (QED) is 0.218. The van der Waals surface area contributed by atoms with E-state index in [1.807, 2.05) is 36.4 Å². The maximum Gasteiger partial charge on any atom is 0.256 e. The number of aromatic nitrogens is 1. The van der Waals surface area contributed by atoms with Crippen molar-refractivity contribution in [3.8, 4) is 10.6 Å². The Bertz CT molecular complexity index is 1880. The molecule has 222 valence electrons. The van der Waals surface area contributed by atoms with Crippen LogP contribution >= 0.6 is 35.1 Å². The number of thiazole rings is 1. The van der Waals surface area contributed by atoms with E-state index >= 15 is 0 Å². The molecule has 2 aliphatic rings. The van der Waals surface area contributed by atoms with E-state index in [-0.39, 0.29) is 23.2 Å². The second-order valence-electron chi connectivity index (χ2n) is 10.6. The molecule has 0 aliphatic carbocycles. The summed E-state index contributed by atoms with van der Waals surface area (Å²) < 4.78 is 29.5. The van der Waals surface area contributed by atoms with Gasteiger partial charge in [-0.05, 0) is 72.5 Å². The van der Waals surface area contributed by atoms with Gasteiger partial charge in [0.05, 0.1) is 15.1 Å². The van der Waals surface area contributed by atoms with Crippen LogP contribution in [-0.2, 0) is 36.0 Å². The molecule has 2 aliphatic heterocycles. The topological polar surface area (TPSA) is 82.6 Å². The summed E-state index contributed by atoms with van der Waals surface area (Å²) in [5.41, 5.74) is 5.88. The Morgan fingerprint density at radius 2 is 1.65 bits per heavy atom. The molecule has 0 bridgehead atoms. The van der Waals surface area contributed by atoms with Gasteiger partial charge in [-0.3, -0.25) is 9.69 Å². The van der Waals surface area contributed by atoms with E-state index in [0.717, 1.165) is 57.4 Å². The smallest absolute Gasteiger partial charge is 0.256 e. The molecule has 7 nitrogen and oxygen atoms in total. The number of amides is 1. The van der Waals surface area contributed by atoms with Crippen LogP contribution in [0.5, 0.6) is 0 Å². The van der Waals surface area contributed by atoms with Gasteiger partial charge >= 0.3 is 0 Å². The summed E-state index contributed by atoms with van der Waals surface area (Å²) in [6.45, 7) is 5.78. The molecule has 1 amide bonds. The number of halogens is 1. The van der Waals surface area contributed by atoms with Crippen molar-refractivity contribution in [1.82, 2.24) is 14.2 Å². The maximum absolute atomic E-state index is 13.5. The fourth-order valence-electron chi connectivity index (χ4n) is 5.80. The van der Waals surface area contributed by atoms with Gasteiger partial charge in [0.15, 0.2) is 0 Å². The minimum Gasteiger partial charge on any atom is -0.313 e. The van der Waals surface area contributed by atoms with Crippen LogP contribution in [0.3, 0.4) is 0 Å². The molecule has 0 radical (unpaired) electrons. The van der Waals surface area contributed by atoms with E-state index in [4.69, 9.17) is 4.98 Å². The van der Waals surface area contributed by atoms with Crippen LogP contribution in [0, 0.1) is 0 Å². The van der Waals surface area contributed by atoms with Crippen molar-refractivity contribution in [1.29, 1.82) is 0 Å². The standard InChI is InChI=1S/C32H30N4O3S3.ClH/c1-2-35-17-16-25-28(20-35)41-32(29(25)31-33-26-9-5-6-10-27(26)40-31)34-30(37)22-11-13-24(14-12-22)42(38,39)36-18-15-21-7-3-4-8-23(21)19-36;/h3-14H,2,15-20H2,1H3,(H,34,37);1H. The number of hydrogen-bond donors (Lipinski definition) is 1. The highest BCUT2D eigenvalue weighted by Crippen LogP contribution is 2.45. The van der Waals surface area contributed by atoms with E-state index in [1.54, 1.807) is 34.8 Å². The summed E-state index contributed by atoms with van der Waals surface area (Å²) in [5.74, 6) is -0.265. The number of nitrogens with zero attached hydrogens (tertiary/aromatic N) is 3. The van der Waals surface area contributed by atoms with Crippen LogP contribution in [-0.4, -0.2) is 48.1 Å². The number of anilines is 1. The van der Waals surface area contributed by atoms with Crippen molar-refractivity contribution in [3.05, 3.63) is 99.9 Å². The molecule has 7 rings (SSSR count). The molecule has 3 aromatic carbocycles. The first kappa shape index (κ1) is 29.9. The molecule has 0 saturated carbocycles. The van der Waals surface area contributed by atoms with Gasteiger partial charge in [-0.25, -0.2) is 13.4 Å². The van der Waals surface area contributed by atoms with Crippen molar-refractivity contribution < 1.29 is 13.2 Å². The van der Waals surface area contributed by atoms with Crippen LogP contribution in [0.1, 0.15) is 38.8 Å². The Morgan fingerprint density at radius 1 is 0.907 bits per heavy atom. The van der Waals surface area contributed by atoms with E-state index < -0.39 is 10.0 Å². The Labute approximate surface area is 265 Å². The van der Waals surface area contributed by atoms with Crippen molar-refractivity contribution in [2.75, 3.05) is 25.0 Å². The van der Waals surface area contributed by atoms with Gasteiger partial charge in [0.25, 0.3) is 5.91 Å². The minimum absolute atomic E-state index is 0. The van der Waals surface area contributed by atoms with Gasteiger partial charge in [0.1, 0.15) is 10.0 Å². The SMILES string of the molecule is CCN1CCc2c(sc(NC(=O)c3ccc(S(=O)(=O)N4CCc5ccccc5C4)cc3)c2-c2nc3ccccc3s2)C1.Cl. The molecule has 5 aromatic rings. The summed E-state index contributed by atoms with van der Waals surface area (Å²) in [7, 11) is -3.68. The summed E-state index contributed by atoms with van der Waals surface area (Å²) in [6, 6.07) is 22.3. The highest BCUT2D eigenvalue weighted by atomic mass is 35.5. The number of hydrogen-bond acceptors (Lipinski definition) is 7. The van der Waals surface area contributed by atoms with Gasteiger partial charge in [0, 0.05) is 42.2 Å². The van der Waals surface area contributed by atoms with Crippen LogP contribution in [0.4, 0.5) is 5.00 Å². The average molecular weight is 651 g/mol. The summed E-state index contributed by atoms with van der Waals surface area (Å²) in [5, 5.41) is 4.87. The lowest BCUT2D eigenvalue weighted by atomic mass is 10.0. The first-order valence-corrected chi connectivity index (χ1v) is 17.2. The van der Waals surface area contributed by atoms with Gasteiger partial charge < -0.3 is 5.32 Å². The lowest BCUT2D eigenvalue weighted by molar-refractivity contribution is 0.102. The third kappa shape index (κ3) is 5.63. The predicted molar refractivity (Wildman–Crippen MR) is 177 cm³/mol. The van der Waals surface area contributed by atoms with Crippen molar-refractivity contribution in [3.63, 3.8) is 0 Å². The first-order valence-electron chi connectivity index (χ1n) is 14.1. The van der Waals surface area contributed by atoms with Gasteiger partial charge in [0.2, 0.25) is 10.0 Å². The van der Waals surface area contributed by atoms with E-state index in [0.29, 0.717) is 25.1 Å². The molecule has 4 heterocycles. The van der Waals surface area contributed by atoms with Crippen LogP contribution in [0.25, 0.3) is 20.8 Å². The highest BCUT2D eigenvalue weighted by molar-refractivity contribution is 7.89. The zero-order valence-corrected chi connectivity index (χ0v) is 26.8. The molecular formula is C32H31ClN4O3S3. The number of para-hydroxylation sites is 1. The number of carbonyl (C=O) groups is 1. The number of likely N-dealkylation sites (N-methyl/N-ethyl adjacent to an activating group) is 1. The van der Waals surface area contributed by atoms with E-state index in [9.17, 15) is 13.2 Å². The number of fused-ring (bicyclic) bond motifs is 3. The molecular weight excluding hydrogens is 620 g/mol. The van der Waals surface area contributed by atoms with E-state index in [2.05, 4.69) is 29.3 Å². The molecule has 11 heteroatoms. The fraction of sp³-hybridized carbons (Fsp3) is 0.250. The Balaban J connectivity index is 0.00000329. The number of benzene rings is 3. The number of nitrogens with one attached hydrogen (secondary N) is 1. The second-order valence-corrected chi connectivity index (χ2v) is 14.7. The molecule has 0 unspecified atom stereocenters. The highest BCUT2D eigenvalue weighted by Gasteiger charge is 2.30. The van der Waals surface area contributed by atoms with E-state index in [1.165, 1.54) is 32.4 Å². The Hall–Kier alpha value is -3.12.